The predicted octanol–water partition coefficient (Wildman–Crippen LogP) is 8.33. The fourth-order valence-corrected chi connectivity index (χ4v) is 10.4. The molecule has 0 atom stereocenters. The summed E-state index contributed by atoms with van der Waals surface area (Å²) in [6.07, 6.45) is 0. The van der Waals surface area contributed by atoms with E-state index >= 15 is 4.57 Å². The van der Waals surface area contributed by atoms with E-state index in [2.05, 4.69) is 105 Å². The Balaban J connectivity index is 1.53. The fourth-order valence-electron chi connectivity index (χ4n) is 7.77. The van der Waals surface area contributed by atoms with Gasteiger partial charge in [0.15, 0.2) is 7.14 Å². The maximum absolute atomic E-state index is 15.6. The molecular weight excluding hydrogens is 527 g/mol. The van der Waals surface area contributed by atoms with Gasteiger partial charge in [0.1, 0.15) is 0 Å². The summed E-state index contributed by atoms with van der Waals surface area (Å²) in [5.74, 6) is 0. The molecule has 202 valence electrons. The van der Waals surface area contributed by atoms with Crippen LogP contribution in [0.15, 0.2) is 152 Å². The van der Waals surface area contributed by atoms with Crippen LogP contribution >= 0.6 is 7.14 Å². The quantitative estimate of drug-likeness (QED) is 0.199. The zero-order valence-electron chi connectivity index (χ0n) is 23.8. The average molecular weight is 559 g/mol. The molecule has 0 aliphatic heterocycles. The van der Waals surface area contributed by atoms with E-state index in [-0.39, 0.29) is 5.41 Å². The fraction of sp³-hybridized carbons (Fsp3) is 0.100. The third-order valence-corrected chi connectivity index (χ3v) is 12.7. The molecule has 0 fully saturated rings. The highest BCUT2D eigenvalue weighted by molar-refractivity contribution is 7.85. The van der Waals surface area contributed by atoms with Crippen molar-refractivity contribution in [2.45, 2.75) is 24.7 Å². The maximum Gasteiger partial charge on any atom is 0.171 e. The molecule has 2 aliphatic carbocycles. The molecule has 0 amide bonds. The van der Waals surface area contributed by atoms with Gasteiger partial charge in [0.05, 0.1) is 5.41 Å². The van der Waals surface area contributed by atoms with Crippen LogP contribution in [-0.2, 0) is 15.4 Å². The summed E-state index contributed by atoms with van der Waals surface area (Å²) in [4.78, 5) is 0. The molecule has 6 aromatic carbocycles. The van der Waals surface area contributed by atoms with Gasteiger partial charge in [-0.15, -0.1) is 0 Å². The van der Waals surface area contributed by atoms with Gasteiger partial charge in [0, 0.05) is 21.3 Å². The Morgan fingerprint density at radius 2 is 0.833 bits per heavy atom. The second-order valence-corrected chi connectivity index (χ2v) is 14.8. The minimum atomic E-state index is -3.17. The van der Waals surface area contributed by atoms with Crippen LogP contribution in [-0.4, -0.2) is 0 Å². The van der Waals surface area contributed by atoms with E-state index < -0.39 is 12.6 Å². The van der Waals surface area contributed by atoms with E-state index in [1.54, 1.807) is 0 Å². The van der Waals surface area contributed by atoms with Crippen LogP contribution in [0, 0.1) is 0 Å². The highest BCUT2D eigenvalue weighted by Crippen LogP contribution is 2.62. The molecule has 0 radical (unpaired) electrons. The van der Waals surface area contributed by atoms with Crippen molar-refractivity contribution in [3.63, 3.8) is 0 Å². The van der Waals surface area contributed by atoms with Crippen LogP contribution in [0.4, 0.5) is 0 Å². The van der Waals surface area contributed by atoms with Gasteiger partial charge in [-0.25, -0.2) is 0 Å². The van der Waals surface area contributed by atoms with Gasteiger partial charge < -0.3 is 4.57 Å². The normalized spacial score (nSPS) is 15.4. The molecule has 0 aromatic heterocycles. The third-order valence-electron chi connectivity index (χ3n) is 9.64. The van der Waals surface area contributed by atoms with E-state index in [0.717, 1.165) is 15.9 Å². The van der Waals surface area contributed by atoms with E-state index in [0.29, 0.717) is 0 Å². The van der Waals surface area contributed by atoms with Crippen LogP contribution in [0.1, 0.15) is 47.2 Å². The van der Waals surface area contributed by atoms with E-state index in [9.17, 15) is 0 Å². The molecule has 42 heavy (non-hydrogen) atoms. The van der Waals surface area contributed by atoms with Crippen molar-refractivity contribution in [2.24, 2.45) is 0 Å². The van der Waals surface area contributed by atoms with Crippen molar-refractivity contribution in [1.82, 2.24) is 0 Å². The molecule has 1 spiro atoms. The summed E-state index contributed by atoms with van der Waals surface area (Å²) < 4.78 is 15.6. The first-order valence-electron chi connectivity index (χ1n) is 14.6. The summed E-state index contributed by atoms with van der Waals surface area (Å²) in [5, 5.41) is 2.58. The van der Waals surface area contributed by atoms with Crippen LogP contribution in [0.2, 0.25) is 0 Å². The lowest BCUT2D eigenvalue weighted by molar-refractivity contribution is 0.563. The second-order valence-electron chi connectivity index (χ2n) is 12.0. The first-order valence-corrected chi connectivity index (χ1v) is 16.4. The van der Waals surface area contributed by atoms with Gasteiger partial charge in [-0.1, -0.05) is 159 Å². The molecule has 0 saturated heterocycles. The molecule has 1 nitrogen and oxygen atoms in total. The molecule has 8 rings (SSSR count). The van der Waals surface area contributed by atoms with Gasteiger partial charge >= 0.3 is 0 Å². The molecule has 2 heteroatoms. The van der Waals surface area contributed by atoms with Crippen LogP contribution in [0.25, 0.3) is 11.1 Å². The van der Waals surface area contributed by atoms with Crippen molar-refractivity contribution in [3.8, 4) is 11.1 Å². The first kappa shape index (κ1) is 25.3. The van der Waals surface area contributed by atoms with E-state index in [4.69, 9.17) is 0 Å². The van der Waals surface area contributed by atoms with Gasteiger partial charge in [-0.2, -0.15) is 0 Å². The lowest BCUT2D eigenvalue weighted by Gasteiger charge is -2.47. The Kier molecular flexibility index (Phi) is 5.43. The number of hydrogen-bond acceptors (Lipinski definition) is 1. The minimum Gasteiger partial charge on any atom is -0.309 e. The average Bonchev–Trinajstić information content (AvgIpc) is 3.35. The molecule has 0 N–H and O–H groups in total. The summed E-state index contributed by atoms with van der Waals surface area (Å²) >= 11 is 0. The Hall–Kier alpha value is -4.45. The summed E-state index contributed by atoms with van der Waals surface area (Å²) in [5.41, 5.74) is 9.55. The molecule has 0 saturated carbocycles. The smallest absolute Gasteiger partial charge is 0.171 e. The maximum atomic E-state index is 15.6. The Morgan fingerprint density at radius 1 is 0.405 bits per heavy atom. The number of rotatable bonds is 3. The molecule has 2 aliphatic rings. The number of hydrogen-bond donors (Lipinski definition) is 0. The summed E-state index contributed by atoms with van der Waals surface area (Å²) in [7, 11) is -3.17. The Labute approximate surface area is 247 Å². The van der Waals surface area contributed by atoms with Crippen molar-refractivity contribution < 1.29 is 4.57 Å². The minimum absolute atomic E-state index is 0.230. The molecule has 0 bridgehead atoms. The molecule has 0 heterocycles. The van der Waals surface area contributed by atoms with Crippen molar-refractivity contribution in [2.75, 3.05) is 0 Å². The van der Waals surface area contributed by atoms with E-state index in [1.807, 2.05) is 60.7 Å². The lowest BCUT2D eigenvalue weighted by atomic mass is 9.55. The zero-order chi connectivity index (χ0) is 28.5. The standard InChI is InChI=1S/C40H31OP/c1-39(2)35-23-13-14-24-37(35)40(33-21-11-9-19-31(33)32-20-10-12-22-34(32)40)38-27-30(25-26-36(38)39)42(41,28-15-5-3-6-16-28)29-17-7-4-8-18-29/h3-27H,1-2H3. The Bertz CT molecular complexity index is 1950. The predicted molar refractivity (Wildman–Crippen MR) is 175 cm³/mol. The van der Waals surface area contributed by atoms with Crippen LogP contribution < -0.4 is 15.9 Å². The van der Waals surface area contributed by atoms with Gasteiger partial charge in [-0.05, 0) is 50.6 Å². The van der Waals surface area contributed by atoms with Crippen molar-refractivity contribution in [1.29, 1.82) is 0 Å². The SMILES string of the molecule is CC1(C)c2ccccc2C2(c3ccccc3-c3ccccc32)c2cc(P(=O)(c3ccccc3)c3ccccc3)ccc21. The number of fused-ring (bicyclic) bond motifs is 9. The highest BCUT2D eigenvalue weighted by Gasteiger charge is 2.53. The van der Waals surface area contributed by atoms with Gasteiger partial charge in [0.25, 0.3) is 0 Å². The monoisotopic (exact) mass is 558 g/mol. The molecule has 6 aromatic rings. The first-order chi connectivity index (χ1) is 20.5. The summed E-state index contributed by atoms with van der Waals surface area (Å²) in [6, 6.07) is 53.4. The van der Waals surface area contributed by atoms with Gasteiger partial charge in [-0.3, -0.25) is 0 Å². The summed E-state index contributed by atoms with van der Waals surface area (Å²) in [6.45, 7) is 4.66. The van der Waals surface area contributed by atoms with Gasteiger partial charge in [0.2, 0.25) is 0 Å². The highest BCUT2D eigenvalue weighted by atomic mass is 31.2. The third kappa shape index (κ3) is 3.18. The largest absolute Gasteiger partial charge is 0.309 e. The number of benzene rings is 6. The molecule has 0 unspecified atom stereocenters. The van der Waals surface area contributed by atoms with E-state index in [1.165, 1.54) is 44.5 Å². The molecular formula is C40H31OP. The van der Waals surface area contributed by atoms with Crippen molar-refractivity contribution >= 4 is 23.1 Å². The van der Waals surface area contributed by atoms with Crippen molar-refractivity contribution in [3.05, 3.63) is 185 Å². The second kappa shape index (κ2) is 9.02. The lowest BCUT2D eigenvalue weighted by Crippen LogP contribution is -2.41. The van der Waals surface area contributed by atoms with Crippen LogP contribution in [0.5, 0.6) is 0 Å². The van der Waals surface area contributed by atoms with Crippen LogP contribution in [0.3, 0.4) is 0 Å². The topological polar surface area (TPSA) is 17.1 Å². The Morgan fingerprint density at radius 3 is 1.38 bits per heavy atom. The zero-order valence-corrected chi connectivity index (χ0v) is 24.7.